The molecule has 0 saturated heterocycles. The van der Waals surface area contributed by atoms with Gasteiger partial charge in [0.25, 0.3) is 0 Å². The van der Waals surface area contributed by atoms with E-state index in [1.807, 2.05) is 0 Å². The van der Waals surface area contributed by atoms with Crippen molar-refractivity contribution < 1.29 is 4.74 Å². The SMILES string of the molecule is CN.COCC1CCCCC1. The van der Waals surface area contributed by atoms with Crippen LogP contribution in [-0.2, 0) is 4.74 Å². The predicted molar refractivity (Wildman–Crippen MR) is 48.6 cm³/mol. The molecule has 0 heterocycles. The molecular weight excluding hydrogens is 138 g/mol. The first-order valence-electron chi connectivity index (χ1n) is 4.50. The first kappa shape index (κ1) is 10.9. The van der Waals surface area contributed by atoms with Gasteiger partial charge in [-0.25, -0.2) is 0 Å². The van der Waals surface area contributed by atoms with Gasteiger partial charge >= 0.3 is 0 Å². The van der Waals surface area contributed by atoms with Gasteiger partial charge in [-0.05, 0) is 25.8 Å². The van der Waals surface area contributed by atoms with Gasteiger partial charge in [0.15, 0.2) is 0 Å². The highest BCUT2D eigenvalue weighted by atomic mass is 16.5. The molecule has 0 aromatic heterocycles. The molecule has 2 N–H and O–H groups in total. The number of rotatable bonds is 2. The predicted octanol–water partition coefficient (Wildman–Crippen LogP) is 1.79. The van der Waals surface area contributed by atoms with Crippen LogP contribution >= 0.6 is 0 Å². The van der Waals surface area contributed by atoms with Gasteiger partial charge in [0.2, 0.25) is 0 Å². The van der Waals surface area contributed by atoms with Gasteiger partial charge in [-0.2, -0.15) is 0 Å². The normalized spacial score (nSPS) is 18.8. The Hall–Kier alpha value is -0.0800. The van der Waals surface area contributed by atoms with Crippen LogP contribution in [0.15, 0.2) is 0 Å². The standard InChI is InChI=1S/C8H16O.CH5N/c1-9-7-8-5-3-2-4-6-8;1-2/h8H,2-7H2,1H3;2H2,1H3. The minimum absolute atomic E-state index is 0.878. The highest BCUT2D eigenvalue weighted by molar-refractivity contribution is 4.64. The summed E-state index contributed by atoms with van der Waals surface area (Å²) in [4.78, 5) is 0. The molecule has 68 valence electrons. The topological polar surface area (TPSA) is 35.2 Å². The maximum absolute atomic E-state index is 5.08. The maximum atomic E-state index is 5.08. The molecule has 1 fully saturated rings. The Labute approximate surface area is 70.1 Å². The molecule has 1 rings (SSSR count). The van der Waals surface area contributed by atoms with Crippen molar-refractivity contribution in [2.75, 3.05) is 20.8 Å². The summed E-state index contributed by atoms with van der Waals surface area (Å²) in [5, 5.41) is 0. The Morgan fingerprint density at radius 2 is 1.73 bits per heavy atom. The van der Waals surface area contributed by atoms with Crippen LogP contribution < -0.4 is 5.73 Å². The molecule has 0 unspecified atom stereocenters. The lowest BCUT2D eigenvalue weighted by atomic mass is 9.90. The Morgan fingerprint density at radius 1 is 1.18 bits per heavy atom. The van der Waals surface area contributed by atoms with Crippen molar-refractivity contribution in [3.8, 4) is 0 Å². The highest BCUT2D eigenvalue weighted by Gasteiger charge is 2.11. The number of nitrogens with two attached hydrogens (primary N) is 1. The zero-order valence-corrected chi connectivity index (χ0v) is 7.81. The van der Waals surface area contributed by atoms with Crippen molar-refractivity contribution >= 4 is 0 Å². The molecule has 0 aromatic carbocycles. The molecule has 0 radical (unpaired) electrons. The number of hydrogen-bond acceptors (Lipinski definition) is 2. The van der Waals surface area contributed by atoms with Crippen LogP contribution in [-0.4, -0.2) is 20.8 Å². The molecule has 1 aliphatic carbocycles. The summed E-state index contributed by atoms with van der Waals surface area (Å²) in [5.74, 6) is 0.878. The molecule has 0 amide bonds. The molecule has 0 spiro atoms. The number of hydrogen-bond donors (Lipinski definition) is 1. The quantitative estimate of drug-likeness (QED) is 0.666. The van der Waals surface area contributed by atoms with E-state index >= 15 is 0 Å². The summed E-state index contributed by atoms with van der Waals surface area (Å²) in [5.41, 5.74) is 4.50. The summed E-state index contributed by atoms with van der Waals surface area (Å²) in [6, 6.07) is 0. The van der Waals surface area contributed by atoms with E-state index in [-0.39, 0.29) is 0 Å². The molecule has 0 bridgehead atoms. The Morgan fingerprint density at radius 3 is 2.18 bits per heavy atom. The fourth-order valence-corrected chi connectivity index (χ4v) is 1.59. The van der Waals surface area contributed by atoms with Crippen molar-refractivity contribution in [3.63, 3.8) is 0 Å². The third-order valence-electron chi connectivity index (χ3n) is 2.13. The van der Waals surface area contributed by atoms with E-state index in [9.17, 15) is 0 Å². The molecule has 0 aliphatic heterocycles. The maximum Gasteiger partial charge on any atom is 0.0490 e. The fourth-order valence-electron chi connectivity index (χ4n) is 1.59. The van der Waals surface area contributed by atoms with E-state index in [1.54, 1.807) is 7.11 Å². The summed E-state index contributed by atoms with van der Waals surface area (Å²) in [6.45, 7) is 0.986. The molecule has 0 atom stereocenters. The summed E-state index contributed by atoms with van der Waals surface area (Å²) in [7, 11) is 3.30. The minimum Gasteiger partial charge on any atom is -0.384 e. The van der Waals surface area contributed by atoms with Gasteiger partial charge in [-0.1, -0.05) is 19.3 Å². The summed E-state index contributed by atoms with van der Waals surface area (Å²) in [6.07, 6.45) is 7.09. The Bertz CT molecular complexity index is 67.2. The Kier molecular flexibility index (Phi) is 7.96. The fraction of sp³-hybridized carbons (Fsp3) is 1.00. The molecular formula is C9H21NO. The lowest BCUT2D eigenvalue weighted by Crippen LogP contribution is -2.11. The van der Waals surface area contributed by atoms with Gasteiger partial charge in [0.1, 0.15) is 0 Å². The van der Waals surface area contributed by atoms with E-state index in [0.717, 1.165) is 12.5 Å². The number of ether oxygens (including phenoxy) is 1. The van der Waals surface area contributed by atoms with Crippen molar-refractivity contribution in [1.82, 2.24) is 0 Å². The van der Waals surface area contributed by atoms with Gasteiger partial charge in [-0.15, -0.1) is 0 Å². The van der Waals surface area contributed by atoms with Gasteiger partial charge in [0.05, 0.1) is 0 Å². The minimum atomic E-state index is 0.878. The summed E-state index contributed by atoms with van der Waals surface area (Å²) < 4.78 is 5.08. The van der Waals surface area contributed by atoms with E-state index in [4.69, 9.17) is 4.74 Å². The first-order valence-corrected chi connectivity index (χ1v) is 4.50. The van der Waals surface area contributed by atoms with E-state index in [0.29, 0.717) is 0 Å². The van der Waals surface area contributed by atoms with E-state index in [1.165, 1.54) is 39.2 Å². The van der Waals surface area contributed by atoms with Crippen LogP contribution in [0.3, 0.4) is 0 Å². The smallest absolute Gasteiger partial charge is 0.0490 e. The largest absolute Gasteiger partial charge is 0.384 e. The van der Waals surface area contributed by atoms with Crippen LogP contribution in [0.5, 0.6) is 0 Å². The first-order chi connectivity index (χ1) is 5.43. The molecule has 1 aliphatic rings. The lowest BCUT2D eigenvalue weighted by Gasteiger charge is -2.19. The van der Waals surface area contributed by atoms with Gasteiger partial charge in [-0.3, -0.25) is 0 Å². The second-order valence-corrected chi connectivity index (χ2v) is 2.96. The third kappa shape index (κ3) is 5.22. The second kappa shape index (κ2) is 8.02. The van der Waals surface area contributed by atoms with Crippen molar-refractivity contribution in [1.29, 1.82) is 0 Å². The van der Waals surface area contributed by atoms with Crippen LogP contribution in [0.2, 0.25) is 0 Å². The molecule has 1 saturated carbocycles. The average molecular weight is 159 g/mol. The van der Waals surface area contributed by atoms with Crippen molar-refractivity contribution in [3.05, 3.63) is 0 Å². The second-order valence-electron chi connectivity index (χ2n) is 2.96. The molecule has 11 heavy (non-hydrogen) atoms. The molecule has 0 aromatic rings. The number of methoxy groups -OCH3 is 1. The molecule has 2 heteroatoms. The van der Waals surface area contributed by atoms with Crippen LogP contribution in [0.25, 0.3) is 0 Å². The Balaban J connectivity index is 0.000000461. The van der Waals surface area contributed by atoms with E-state index < -0.39 is 0 Å². The zero-order chi connectivity index (χ0) is 8.53. The lowest BCUT2D eigenvalue weighted by molar-refractivity contribution is 0.131. The van der Waals surface area contributed by atoms with Gasteiger partial charge in [0, 0.05) is 13.7 Å². The van der Waals surface area contributed by atoms with Crippen LogP contribution in [0.1, 0.15) is 32.1 Å². The van der Waals surface area contributed by atoms with Crippen LogP contribution in [0.4, 0.5) is 0 Å². The zero-order valence-electron chi connectivity index (χ0n) is 7.81. The third-order valence-corrected chi connectivity index (χ3v) is 2.13. The summed E-state index contributed by atoms with van der Waals surface area (Å²) >= 11 is 0. The van der Waals surface area contributed by atoms with E-state index in [2.05, 4.69) is 5.73 Å². The van der Waals surface area contributed by atoms with Crippen molar-refractivity contribution in [2.24, 2.45) is 11.7 Å². The monoisotopic (exact) mass is 159 g/mol. The highest BCUT2D eigenvalue weighted by Crippen LogP contribution is 2.23. The average Bonchev–Trinajstić information content (AvgIpc) is 2.11. The van der Waals surface area contributed by atoms with Crippen molar-refractivity contribution in [2.45, 2.75) is 32.1 Å². The van der Waals surface area contributed by atoms with Crippen LogP contribution in [0, 0.1) is 5.92 Å². The molecule has 2 nitrogen and oxygen atoms in total. The van der Waals surface area contributed by atoms with Gasteiger partial charge < -0.3 is 10.5 Å².